The summed E-state index contributed by atoms with van der Waals surface area (Å²) in [5.74, 6) is -0.130. The number of pyridine rings is 1. The van der Waals surface area contributed by atoms with Crippen molar-refractivity contribution >= 4 is 29.0 Å². The number of likely N-dealkylation sites (tertiary alicyclic amines) is 1. The molecule has 8 nitrogen and oxygen atoms in total. The highest BCUT2D eigenvalue weighted by Gasteiger charge is 2.33. The van der Waals surface area contributed by atoms with Gasteiger partial charge in [-0.2, -0.15) is 0 Å². The first-order chi connectivity index (χ1) is 17.4. The molecule has 3 aromatic rings. The zero-order valence-electron chi connectivity index (χ0n) is 23.1. The van der Waals surface area contributed by atoms with Gasteiger partial charge in [-0.15, -0.1) is 0 Å². The molecule has 4 rings (SSSR count). The maximum absolute atomic E-state index is 13.1. The molecule has 1 atom stereocenters. The average Bonchev–Trinajstić information content (AvgIpc) is 3.37. The Labute approximate surface area is 219 Å². The zero-order valence-corrected chi connectivity index (χ0v) is 23.1. The molecule has 0 bridgehead atoms. The van der Waals surface area contributed by atoms with Gasteiger partial charge in [0.25, 0.3) is 0 Å². The molecule has 1 aromatic carbocycles. The lowest BCUT2D eigenvalue weighted by Gasteiger charge is -2.28. The molecule has 0 unspecified atom stereocenters. The third-order valence-corrected chi connectivity index (χ3v) is 7.01. The largest absolute Gasteiger partial charge is 0.444 e. The van der Waals surface area contributed by atoms with Crippen LogP contribution in [0.1, 0.15) is 68.1 Å². The van der Waals surface area contributed by atoms with Crippen LogP contribution in [-0.4, -0.2) is 44.5 Å². The Hall–Kier alpha value is -3.55. The van der Waals surface area contributed by atoms with E-state index in [4.69, 9.17) is 9.72 Å². The Kier molecular flexibility index (Phi) is 7.48. The summed E-state index contributed by atoms with van der Waals surface area (Å²) in [6.45, 7) is 15.1. The molecule has 3 heterocycles. The van der Waals surface area contributed by atoms with E-state index >= 15 is 0 Å². The van der Waals surface area contributed by atoms with Crippen molar-refractivity contribution in [2.24, 2.45) is 0 Å². The van der Waals surface area contributed by atoms with Crippen LogP contribution in [0, 0.1) is 27.7 Å². The second-order valence-electron chi connectivity index (χ2n) is 11.1. The molecule has 0 spiro atoms. The topological polar surface area (TPSA) is 88.0 Å². The first-order valence-electron chi connectivity index (χ1n) is 13.0. The summed E-state index contributed by atoms with van der Waals surface area (Å²) in [5.41, 5.74) is 7.47. The monoisotopic (exact) mass is 505 g/mol. The summed E-state index contributed by atoms with van der Waals surface area (Å²) in [7, 11) is 0. The van der Waals surface area contributed by atoms with E-state index in [1.807, 2.05) is 51.3 Å². The molecule has 0 aliphatic carbocycles. The van der Waals surface area contributed by atoms with Gasteiger partial charge in [0, 0.05) is 37.4 Å². The summed E-state index contributed by atoms with van der Waals surface area (Å²) in [5, 5.41) is 6.61. The minimum atomic E-state index is -0.567. The standard InChI is InChI=1S/C29H39N5O3/c1-18-10-8-11-19(2)24(18)16-30-25-14-22(17-34-21(4)20(3)31-27(25)34)32-26(35)15-23-12-9-13-33(23)28(36)37-29(5,6)7/h8,10-11,14,17,23,30H,9,12-13,15-16H2,1-7H3,(H,32,35)/t23-/m1/s1. The highest BCUT2D eigenvalue weighted by molar-refractivity contribution is 5.92. The van der Waals surface area contributed by atoms with E-state index in [1.165, 1.54) is 16.7 Å². The Morgan fingerprint density at radius 3 is 2.51 bits per heavy atom. The molecular weight excluding hydrogens is 466 g/mol. The lowest BCUT2D eigenvalue weighted by molar-refractivity contribution is -0.117. The number of nitrogens with zero attached hydrogens (tertiary/aromatic N) is 3. The molecule has 0 saturated carbocycles. The highest BCUT2D eigenvalue weighted by atomic mass is 16.6. The fourth-order valence-corrected chi connectivity index (χ4v) is 4.92. The summed E-state index contributed by atoms with van der Waals surface area (Å²) in [6.07, 6.45) is 3.43. The molecule has 1 aliphatic rings. The molecule has 2 N–H and O–H groups in total. The van der Waals surface area contributed by atoms with Gasteiger partial charge in [-0.1, -0.05) is 18.2 Å². The van der Waals surface area contributed by atoms with Gasteiger partial charge in [-0.3, -0.25) is 4.79 Å². The number of hydrogen-bond donors (Lipinski definition) is 2. The number of imidazole rings is 1. The molecule has 8 heteroatoms. The average molecular weight is 506 g/mol. The predicted octanol–water partition coefficient (Wildman–Crippen LogP) is 5.91. The van der Waals surface area contributed by atoms with E-state index in [9.17, 15) is 9.59 Å². The third-order valence-electron chi connectivity index (χ3n) is 7.01. The van der Waals surface area contributed by atoms with Gasteiger partial charge in [-0.25, -0.2) is 9.78 Å². The van der Waals surface area contributed by atoms with Crippen molar-refractivity contribution < 1.29 is 14.3 Å². The van der Waals surface area contributed by atoms with Crippen LogP contribution in [0.3, 0.4) is 0 Å². The number of aromatic nitrogens is 2. The first kappa shape index (κ1) is 26.5. The number of fused-ring (bicyclic) bond motifs is 1. The van der Waals surface area contributed by atoms with Crippen molar-refractivity contribution in [1.82, 2.24) is 14.3 Å². The van der Waals surface area contributed by atoms with Crippen molar-refractivity contribution in [2.75, 3.05) is 17.2 Å². The summed E-state index contributed by atoms with van der Waals surface area (Å²) in [6, 6.07) is 8.07. The number of nitrogens with one attached hydrogen (secondary N) is 2. The maximum Gasteiger partial charge on any atom is 0.410 e. The van der Waals surface area contributed by atoms with Crippen molar-refractivity contribution in [2.45, 2.75) is 85.9 Å². The molecule has 198 valence electrons. The summed E-state index contributed by atoms with van der Waals surface area (Å²) in [4.78, 5) is 32.2. The van der Waals surface area contributed by atoms with Crippen molar-refractivity contribution in [3.8, 4) is 0 Å². The molecular formula is C29H39N5O3. The van der Waals surface area contributed by atoms with Crippen LogP contribution in [0.25, 0.3) is 5.65 Å². The van der Waals surface area contributed by atoms with Gasteiger partial charge >= 0.3 is 6.09 Å². The fourth-order valence-electron chi connectivity index (χ4n) is 4.92. The quantitative estimate of drug-likeness (QED) is 0.435. The van der Waals surface area contributed by atoms with Crippen LogP contribution in [-0.2, 0) is 16.1 Å². The third kappa shape index (κ3) is 6.06. The number of amides is 2. The lowest BCUT2D eigenvalue weighted by Crippen LogP contribution is -2.41. The number of carbonyl (C=O) groups is 2. The highest BCUT2D eigenvalue weighted by Crippen LogP contribution is 2.27. The van der Waals surface area contributed by atoms with Gasteiger partial charge in [0.05, 0.1) is 17.1 Å². The Bertz CT molecular complexity index is 1300. The van der Waals surface area contributed by atoms with Crippen molar-refractivity contribution in [3.63, 3.8) is 0 Å². The van der Waals surface area contributed by atoms with Crippen LogP contribution in [0.15, 0.2) is 30.5 Å². The second kappa shape index (κ2) is 10.4. The van der Waals surface area contributed by atoms with Crippen molar-refractivity contribution in [3.05, 3.63) is 58.5 Å². The molecule has 1 saturated heterocycles. The molecule has 2 amide bonds. The van der Waals surface area contributed by atoms with E-state index in [0.29, 0.717) is 18.8 Å². The smallest absolute Gasteiger partial charge is 0.410 e. The number of rotatable bonds is 6. The second-order valence-corrected chi connectivity index (χ2v) is 11.1. The van der Waals surface area contributed by atoms with E-state index in [-0.39, 0.29) is 24.5 Å². The Balaban J connectivity index is 1.52. The summed E-state index contributed by atoms with van der Waals surface area (Å²) < 4.78 is 7.56. The van der Waals surface area contributed by atoms with Crippen LogP contribution >= 0.6 is 0 Å². The molecule has 1 aliphatic heterocycles. The number of hydrogen-bond acceptors (Lipinski definition) is 5. The fraction of sp³-hybridized carbons (Fsp3) is 0.483. The van der Waals surface area contributed by atoms with Crippen LogP contribution in [0.5, 0.6) is 0 Å². The SMILES string of the molecule is Cc1cccc(C)c1CNc1cc(NC(=O)C[C@H]2CCCN2C(=O)OC(C)(C)C)cn2c(C)c(C)nc12. The van der Waals surface area contributed by atoms with Gasteiger partial charge in [0.15, 0.2) is 5.65 Å². The Morgan fingerprint density at radius 1 is 1.14 bits per heavy atom. The zero-order chi connectivity index (χ0) is 26.9. The molecule has 37 heavy (non-hydrogen) atoms. The lowest BCUT2D eigenvalue weighted by atomic mass is 10.0. The van der Waals surface area contributed by atoms with Gasteiger partial charge in [0.2, 0.25) is 5.91 Å². The van der Waals surface area contributed by atoms with E-state index in [1.54, 1.807) is 4.90 Å². The van der Waals surface area contributed by atoms with Crippen LogP contribution in [0.2, 0.25) is 0 Å². The maximum atomic E-state index is 13.1. The first-order valence-corrected chi connectivity index (χ1v) is 13.0. The normalized spacial score (nSPS) is 15.8. The summed E-state index contributed by atoms with van der Waals surface area (Å²) >= 11 is 0. The van der Waals surface area contributed by atoms with Gasteiger partial charge in [0.1, 0.15) is 5.60 Å². The molecule has 2 aromatic heterocycles. The number of anilines is 2. The van der Waals surface area contributed by atoms with Crippen molar-refractivity contribution in [1.29, 1.82) is 0 Å². The number of benzene rings is 1. The van der Waals surface area contributed by atoms with E-state index < -0.39 is 5.60 Å². The molecule has 0 radical (unpaired) electrons. The Morgan fingerprint density at radius 2 is 1.84 bits per heavy atom. The van der Waals surface area contributed by atoms with Gasteiger partial charge < -0.3 is 24.7 Å². The van der Waals surface area contributed by atoms with Crippen LogP contribution < -0.4 is 10.6 Å². The van der Waals surface area contributed by atoms with E-state index in [0.717, 1.165) is 35.6 Å². The minimum absolute atomic E-state index is 0.130. The predicted molar refractivity (Wildman–Crippen MR) is 147 cm³/mol. The van der Waals surface area contributed by atoms with E-state index in [2.05, 4.69) is 42.7 Å². The minimum Gasteiger partial charge on any atom is -0.444 e. The van der Waals surface area contributed by atoms with Gasteiger partial charge in [-0.05, 0) is 84.1 Å². The number of ether oxygens (including phenoxy) is 1. The van der Waals surface area contributed by atoms with Crippen LogP contribution in [0.4, 0.5) is 16.2 Å². The molecule has 1 fully saturated rings. The number of carbonyl (C=O) groups excluding carboxylic acids is 2. The number of aryl methyl sites for hydroxylation is 4.